The first-order valence-corrected chi connectivity index (χ1v) is 22.6. The van der Waals surface area contributed by atoms with Gasteiger partial charge in [-0.2, -0.15) is 0 Å². The Hall–Kier alpha value is -5.16. The van der Waals surface area contributed by atoms with Crippen molar-refractivity contribution in [1.82, 2.24) is 9.97 Å². The maximum absolute atomic E-state index is 4.85. The van der Waals surface area contributed by atoms with Crippen molar-refractivity contribution in [2.45, 2.75) is 128 Å². The topological polar surface area (TPSA) is 32.3 Å². The summed E-state index contributed by atoms with van der Waals surface area (Å²) in [5, 5.41) is 0. The molecule has 0 amide bonds. The second kappa shape index (κ2) is 14.8. The van der Waals surface area contributed by atoms with Gasteiger partial charge in [-0.05, 0) is 142 Å². The van der Waals surface area contributed by atoms with Gasteiger partial charge in [0.25, 0.3) is 6.71 Å². The second-order valence-corrected chi connectivity index (χ2v) is 20.0. The third kappa shape index (κ3) is 6.89. The molecule has 0 spiro atoms. The lowest BCUT2D eigenvalue weighted by atomic mass is 9.33. The van der Waals surface area contributed by atoms with E-state index in [-0.39, 0.29) is 17.5 Å². The van der Waals surface area contributed by atoms with E-state index in [1.165, 1.54) is 137 Å². The van der Waals surface area contributed by atoms with Gasteiger partial charge in [0, 0.05) is 45.9 Å². The molecular formula is C54H59BN4. The molecule has 2 saturated carbocycles. The quantitative estimate of drug-likeness (QED) is 0.163. The molecule has 4 aliphatic rings. The van der Waals surface area contributed by atoms with Gasteiger partial charge in [-0.15, -0.1) is 0 Å². The third-order valence-corrected chi connectivity index (χ3v) is 14.1. The minimum Gasteiger partial charge on any atom is -0.311 e. The first-order valence-electron chi connectivity index (χ1n) is 22.6. The molecule has 4 nitrogen and oxygen atoms in total. The van der Waals surface area contributed by atoms with Crippen molar-refractivity contribution < 1.29 is 0 Å². The maximum Gasteiger partial charge on any atom is 0.252 e. The number of hydrogen-bond acceptors (Lipinski definition) is 4. The summed E-state index contributed by atoms with van der Waals surface area (Å²) < 4.78 is 0. The van der Waals surface area contributed by atoms with E-state index in [2.05, 4.69) is 159 Å². The second-order valence-electron chi connectivity index (χ2n) is 20.0. The molecule has 0 radical (unpaired) electrons. The van der Waals surface area contributed by atoms with Gasteiger partial charge in [0.1, 0.15) is 6.33 Å². The molecule has 2 fully saturated rings. The Balaban J connectivity index is 1.27. The maximum atomic E-state index is 4.85. The van der Waals surface area contributed by atoms with Crippen LogP contribution in [0.15, 0.2) is 116 Å². The molecule has 298 valence electrons. The summed E-state index contributed by atoms with van der Waals surface area (Å²) in [6.07, 6.45) is 16.7. The smallest absolute Gasteiger partial charge is 0.252 e. The first kappa shape index (κ1) is 38.1. The van der Waals surface area contributed by atoms with Crippen molar-refractivity contribution >= 4 is 57.2 Å². The zero-order valence-electron chi connectivity index (χ0n) is 36.1. The highest BCUT2D eigenvalue weighted by molar-refractivity contribution is 7.00. The fraction of sp³-hybridized carbons (Fsp3) is 0.370. The molecule has 2 aliphatic carbocycles. The Bertz CT molecular complexity index is 2330. The van der Waals surface area contributed by atoms with Crippen LogP contribution in [0.3, 0.4) is 0 Å². The largest absolute Gasteiger partial charge is 0.311 e. The van der Waals surface area contributed by atoms with Gasteiger partial charge < -0.3 is 9.80 Å². The summed E-state index contributed by atoms with van der Waals surface area (Å²) in [5.41, 5.74) is 19.5. The van der Waals surface area contributed by atoms with Crippen molar-refractivity contribution in [3.8, 4) is 11.3 Å². The van der Waals surface area contributed by atoms with E-state index in [4.69, 9.17) is 4.98 Å². The molecule has 0 atom stereocenters. The predicted molar refractivity (Wildman–Crippen MR) is 251 cm³/mol. The highest BCUT2D eigenvalue weighted by atomic mass is 15.2. The van der Waals surface area contributed by atoms with Crippen LogP contribution in [-0.4, -0.2) is 16.7 Å². The van der Waals surface area contributed by atoms with Gasteiger partial charge in [0.15, 0.2) is 0 Å². The Labute approximate surface area is 353 Å². The molecular weight excluding hydrogens is 715 g/mol. The Morgan fingerprint density at radius 1 is 0.508 bits per heavy atom. The van der Waals surface area contributed by atoms with E-state index in [9.17, 15) is 0 Å². The number of benzene rings is 5. The van der Waals surface area contributed by atoms with Crippen LogP contribution in [0.4, 0.5) is 34.1 Å². The number of rotatable bonds is 5. The number of anilines is 6. The molecule has 5 aromatic carbocycles. The molecule has 3 heterocycles. The molecule has 0 saturated heterocycles. The summed E-state index contributed by atoms with van der Waals surface area (Å²) in [7, 11) is 0. The highest BCUT2D eigenvalue weighted by Gasteiger charge is 2.44. The molecule has 2 aliphatic heterocycles. The fourth-order valence-corrected chi connectivity index (χ4v) is 10.8. The van der Waals surface area contributed by atoms with Crippen molar-refractivity contribution in [3.63, 3.8) is 0 Å². The van der Waals surface area contributed by atoms with Crippen molar-refractivity contribution in [2.24, 2.45) is 0 Å². The summed E-state index contributed by atoms with van der Waals surface area (Å²) in [5.74, 6) is 1.23. The van der Waals surface area contributed by atoms with Crippen LogP contribution in [0, 0.1) is 0 Å². The van der Waals surface area contributed by atoms with E-state index >= 15 is 0 Å². The van der Waals surface area contributed by atoms with E-state index < -0.39 is 0 Å². The predicted octanol–water partition coefficient (Wildman–Crippen LogP) is 12.9. The lowest BCUT2D eigenvalue weighted by Crippen LogP contribution is -2.61. The lowest BCUT2D eigenvalue weighted by Gasteiger charge is -2.45. The summed E-state index contributed by atoms with van der Waals surface area (Å²) in [6.45, 7) is 13.9. The Morgan fingerprint density at radius 2 is 0.966 bits per heavy atom. The summed E-state index contributed by atoms with van der Waals surface area (Å²) in [6, 6.07) is 40.8. The molecule has 0 bridgehead atoms. The molecule has 10 rings (SSSR count). The van der Waals surface area contributed by atoms with Crippen molar-refractivity contribution in [3.05, 3.63) is 138 Å². The Morgan fingerprint density at radius 3 is 1.37 bits per heavy atom. The van der Waals surface area contributed by atoms with E-state index in [0.29, 0.717) is 11.8 Å². The van der Waals surface area contributed by atoms with Gasteiger partial charge in [-0.25, -0.2) is 9.97 Å². The van der Waals surface area contributed by atoms with Crippen LogP contribution in [-0.2, 0) is 10.8 Å². The average Bonchev–Trinajstić information content (AvgIpc) is 3.26. The third-order valence-electron chi connectivity index (χ3n) is 14.1. The van der Waals surface area contributed by atoms with E-state index in [0.717, 1.165) is 11.3 Å². The SMILES string of the molecule is CC(C)(C)c1ccc(N2c3ccc(C4CCCCC4)cc3B3c4cc(C5CCCCC5)ccc4N(c4ccc(C(C)(C)C)cc4)c4cc(-c5ccncn5)cc2c43)cc1. The van der Waals surface area contributed by atoms with E-state index in [1.54, 1.807) is 6.33 Å². The molecule has 59 heavy (non-hydrogen) atoms. The zero-order chi connectivity index (χ0) is 40.5. The van der Waals surface area contributed by atoms with Gasteiger partial charge in [0.2, 0.25) is 0 Å². The fourth-order valence-electron chi connectivity index (χ4n) is 10.8. The van der Waals surface area contributed by atoms with Crippen LogP contribution in [0.1, 0.15) is 140 Å². The minimum absolute atomic E-state index is 0.0627. The molecule has 0 N–H and O–H groups in total. The van der Waals surface area contributed by atoms with Crippen LogP contribution in [0.25, 0.3) is 11.3 Å². The summed E-state index contributed by atoms with van der Waals surface area (Å²) in [4.78, 5) is 14.3. The number of fused-ring (bicyclic) bond motifs is 4. The van der Waals surface area contributed by atoms with Gasteiger partial charge in [-0.3, -0.25) is 0 Å². The van der Waals surface area contributed by atoms with Crippen LogP contribution in [0.2, 0.25) is 0 Å². The minimum atomic E-state index is 0.0627. The zero-order valence-corrected chi connectivity index (χ0v) is 36.1. The number of hydrogen-bond donors (Lipinski definition) is 0. The monoisotopic (exact) mass is 774 g/mol. The number of nitrogens with zero attached hydrogens (tertiary/aromatic N) is 4. The van der Waals surface area contributed by atoms with Crippen molar-refractivity contribution in [1.29, 1.82) is 0 Å². The molecule has 1 aromatic heterocycles. The number of aromatic nitrogens is 2. The van der Waals surface area contributed by atoms with Crippen LogP contribution >= 0.6 is 0 Å². The normalized spacial score (nSPS) is 17.1. The lowest BCUT2D eigenvalue weighted by molar-refractivity contribution is 0.444. The highest BCUT2D eigenvalue weighted by Crippen LogP contribution is 2.47. The van der Waals surface area contributed by atoms with Gasteiger partial charge in [-0.1, -0.05) is 129 Å². The molecule has 0 unspecified atom stereocenters. The van der Waals surface area contributed by atoms with Crippen molar-refractivity contribution in [2.75, 3.05) is 9.80 Å². The standard InChI is InChI=1S/C54H59BN4/c1-53(2,3)41-19-23-43(24-20-41)58-48-27-17-38(36-13-9-7-10-14-36)31-45(48)55-46-32-39(37-15-11-8-12-16-37)18-28-49(46)59(44-25-21-42(22-26-44)54(4,5)6)51-34-40(33-50(58)52(51)55)47-29-30-56-35-57-47/h17-37H,7-16H2,1-6H3. The van der Waals surface area contributed by atoms with E-state index in [1.807, 2.05) is 6.20 Å². The van der Waals surface area contributed by atoms with Crippen LogP contribution in [0.5, 0.6) is 0 Å². The van der Waals surface area contributed by atoms with Gasteiger partial charge >= 0.3 is 0 Å². The Kier molecular flexibility index (Phi) is 9.57. The average molecular weight is 775 g/mol. The molecule has 6 aromatic rings. The summed E-state index contributed by atoms with van der Waals surface area (Å²) >= 11 is 0. The van der Waals surface area contributed by atoms with Gasteiger partial charge in [0.05, 0.1) is 5.69 Å². The molecule has 5 heteroatoms. The van der Waals surface area contributed by atoms with Crippen LogP contribution < -0.4 is 26.2 Å². The first-order chi connectivity index (χ1) is 28.5.